The van der Waals surface area contributed by atoms with E-state index in [1.165, 1.54) is 11.3 Å². The molecule has 2 aromatic rings. The Hall–Kier alpha value is -1.79. The zero-order valence-corrected chi connectivity index (χ0v) is 12.5. The largest absolute Gasteiger partial charge is 0.348 e. The smallest absolute Gasteiger partial charge is 0.237 e. The molecule has 5 nitrogen and oxygen atoms in total. The summed E-state index contributed by atoms with van der Waals surface area (Å²) in [6, 6.07) is 9.90. The molecule has 1 aliphatic heterocycles. The number of hydrogen-bond acceptors (Lipinski definition) is 5. The van der Waals surface area contributed by atoms with Crippen LogP contribution < -0.4 is 10.6 Å². The Morgan fingerprint density at radius 3 is 2.90 bits per heavy atom. The Morgan fingerprint density at radius 2 is 2.14 bits per heavy atom. The number of piperidine rings is 1. The second-order valence-electron chi connectivity index (χ2n) is 5.09. The highest BCUT2D eigenvalue weighted by Crippen LogP contribution is 2.22. The topological polar surface area (TPSA) is 66.9 Å². The predicted octanol–water partition coefficient (Wildman–Crippen LogP) is 1.96. The summed E-state index contributed by atoms with van der Waals surface area (Å²) < 4.78 is 0. The first-order valence-corrected chi connectivity index (χ1v) is 8.03. The molecule has 1 amide bonds. The lowest BCUT2D eigenvalue weighted by molar-refractivity contribution is -0.123. The number of nitrogens with one attached hydrogen (secondary N) is 2. The minimum atomic E-state index is -0.0553. The lowest BCUT2D eigenvalue weighted by Crippen LogP contribution is -2.46. The fourth-order valence-electron chi connectivity index (χ4n) is 2.38. The highest BCUT2D eigenvalue weighted by Gasteiger charge is 2.20. The number of carbonyl (C=O) groups is 1. The predicted molar refractivity (Wildman–Crippen MR) is 82.8 cm³/mol. The zero-order chi connectivity index (χ0) is 14.5. The second-order valence-corrected chi connectivity index (χ2v) is 6.15. The van der Waals surface area contributed by atoms with E-state index in [1.807, 2.05) is 30.3 Å². The van der Waals surface area contributed by atoms with E-state index < -0.39 is 0 Å². The van der Waals surface area contributed by atoms with E-state index >= 15 is 0 Å². The number of carbonyl (C=O) groups excluding carboxylic acids is 1. The highest BCUT2D eigenvalue weighted by molar-refractivity contribution is 7.14. The van der Waals surface area contributed by atoms with Crippen molar-refractivity contribution in [2.45, 2.75) is 31.8 Å². The van der Waals surface area contributed by atoms with Crippen LogP contribution in [0.15, 0.2) is 30.3 Å². The maximum atomic E-state index is 12.0. The standard InChI is InChI=1S/C15H18N4OS/c20-14(12-8-4-5-9-16-12)17-10-13-18-19-15(21-13)11-6-2-1-3-7-11/h1-3,6-7,12,16H,4-5,8-10H2,(H,17,20). The average molecular weight is 302 g/mol. The van der Waals surface area contributed by atoms with Gasteiger partial charge in [0.15, 0.2) is 0 Å². The van der Waals surface area contributed by atoms with Crippen molar-refractivity contribution in [1.82, 2.24) is 20.8 Å². The van der Waals surface area contributed by atoms with Crippen LogP contribution in [0.4, 0.5) is 0 Å². The van der Waals surface area contributed by atoms with Gasteiger partial charge in [-0.2, -0.15) is 0 Å². The quantitative estimate of drug-likeness (QED) is 0.906. The third kappa shape index (κ3) is 3.65. The van der Waals surface area contributed by atoms with Crippen molar-refractivity contribution >= 4 is 17.2 Å². The summed E-state index contributed by atoms with van der Waals surface area (Å²) in [6.45, 7) is 1.37. The number of rotatable bonds is 4. The van der Waals surface area contributed by atoms with Gasteiger partial charge in [-0.15, -0.1) is 10.2 Å². The molecule has 1 atom stereocenters. The molecule has 1 aromatic carbocycles. The van der Waals surface area contributed by atoms with Gasteiger partial charge in [-0.25, -0.2) is 0 Å². The first-order valence-electron chi connectivity index (χ1n) is 7.22. The van der Waals surface area contributed by atoms with E-state index in [-0.39, 0.29) is 11.9 Å². The molecule has 0 aliphatic carbocycles. The molecule has 6 heteroatoms. The number of nitrogens with zero attached hydrogens (tertiary/aromatic N) is 2. The molecular formula is C15H18N4OS. The van der Waals surface area contributed by atoms with Gasteiger partial charge in [0.25, 0.3) is 0 Å². The SMILES string of the molecule is O=C(NCc1nnc(-c2ccccc2)s1)C1CCCCN1. The van der Waals surface area contributed by atoms with E-state index in [1.54, 1.807) is 0 Å². The van der Waals surface area contributed by atoms with Gasteiger partial charge in [-0.05, 0) is 19.4 Å². The van der Waals surface area contributed by atoms with Crippen molar-refractivity contribution < 1.29 is 4.79 Å². The van der Waals surface area contributed by atoms with E-state index in [2.05, 4.69) is 20.8 Å². The molecule has 2 heterocycles. The van der Waals surface area contributed by atoms with Gasteiger partial charge < -0.3 is 10.6 Å². The summed E-state index contributed by atoms with van der Waals surface area (Å²) >= 11 is 1.52. The summed E-state index contributed by atoms with van der Waals surface area (Å²) in [7, 11) is 0. The lowest BCUT2D eigenvalue weighted by Gasteiger charge is -2.22. The Labute approximate surface area is 127 Å². The van der Waals surface area contributed by atoms with E-state index in [0.717, 1.165) is 41.4 Å². The molecule has 0 radical (unpaired) electrons. The van der Waals surface area contributed by atoms with Crippen LogP contribution in [-0.4, -0.2) is 28.7 Å². The number of amides is 1. The van der Waals surface area contributed by atoms with Crippen molar-refractivity contribution in [2.24, 2.45) is 0 Å². The lowest BCUT2D eigenvalue weighted by atomic mass is 10.0. The molecule has 3 rings (SSSR count). The molecule has 110 valence electrons. The molecule has 1 aliphatic rings. The summed E-state index contributed by atoms with van der Waals surface area (Å²) in [5.41, 5.74) is 1.06. The zero-order valence-electron chi connectivity index (χ0n) is 11.7. The summed E-state index contributed by atoms with van der Waals surface area (Å²) in [5.74, 6) is 0.0613. The minimum Gasteiger partial charge on any atom is -0.348 e. The van der Waals surface area contributed by atoms with Crippen molar-refractivity contribution in [3.8, 4) is 10.6 Å². The van der Waals surface area contributed by atoms with Crippen molar-refractivity contribution in [3.05, 3.63) is 35.3 Å². The molecule has 1 unspecified atom stereocenters. The highest BCUT2D eigenvalue weighted by atomic mass is 32.1. The number of aromatic nitrogens is 2. The van der Waals surface area contributed by atoms with Gasteiger partial charge in [-0.3, -0.25) is 4.79 Å². The molecule has 1 aromatic heterocycles. The van der Waals surface area contributed by atoms with Crippen LogP contribution in [-0.2, 0) is 11.3 Å². The first-order chi connectivity index (χ1) is 10.3. The molecule has 0 spiro atoms. The monoisotopic (exact) mass is 302 g/mol. The average Bonchev–Trinajstić information content (AvgIpc) is 3.03. The second kappa shape index (κ2) is 6.78. The normalized spacial score (nSPS) is 18.4. The van der Waals surface area contributed by atoms with Gasteiger partial charge in [0.1, 0.15) is 10.0 Å². The maximum Gasteiger partial charge on any atom is 0.237 e. The Kier molecular flexibility index (Phi) is 4.57. The molecule has 0 saturated carbocycles. The van der Waals surface area contributed by atoms with E-state index in [4.69, 9.17) is 0 Å². The van der Waals surface area contributed by atoms with Gasteiger partial charge in [0, 0.05) is 5.56 Å². The third-order valence-corrected chi connectivity index (χ3v) is 4.50. The van der Waals surface area contributed by atoms with Crippen molar-refractivity contribution in [3.63, 3.8) is 0 Å². The summed E-state index contributed by atoms with van der Waals surface area (Å²) in [4.78, 5) is 12.0. The summed E-state index contributed by atoms with van der Waals surface area (Å²) in [6.07, 6.45) is 3.18. The number of hydrogen-bond donors (Lipinski definition) is 2. The van der Waals surface area contributed by atoms with Crippen LogP contribution in [0.5, 0.6) is 0 Å². The maximum absolute atomic E-state index is 12.0. The van der Waals surface area contributed by atoms with Gasteiger partial charge in [0.05, 0.1) is 12.6 Å². The fourth-order valence-corrected chi connectivity index (χ4v) is 3.17. The van der Waals surface area contributed by atoms with E-state index in [9.17, 15) is 4.79 Å². The van der Waals surface area contributed by atoms with Crippen LogP contribution in [0.25, 0.3) is 10.6 Å². The summed E-state index contributed by atoms with van der Waals surface area (Å²) in [5, 5.41) is 16.2. The van der Waals surface area contributed by atoms with Crippen molar-refractivity contribution in [1.29, 1.82) is 0 Å². The molecule has 0 bridgehead atoms. The minimum absolute atomic E-state index is 0.0553. The Morgan fingerprint density at radius 1 is 1.29 bits per heavy atom. The Balaban J connectivity index is 1.56. The van der Waals surface area contributed by atoms with Crippen LogP contribution in [0.2, 0.25) is 0 Å². The molecule has 2 N–H and O–H groups in total. The van der Waals surface area contributed by atoms with Gasteiger partial charge >= 0.3 is 0 Å². The van der Waals surface area contributed by atoms with Crippen LogP contribution in [0.3, 0.4) is 0 Å². The van der Waals surface area contributed by atoms with Crippen LogP contribution >= 0.6 is 11.3 Å². The fraction of sp³-hybridized carbons (Fsp3) is 0.400. The van der Waals surface area contributed by atoms with Crippen LogP contribution in [0, 0.1) is 0 Å². The van der Waals surface area contributed by atoms with Gasteiger partial charge in [-0.1, -0.05) is 48.1 Å². The third-order valence-electron chi connectivity index (χ3n) is 3.53. The Bertz CT molecular complexity index is 593. The van der Waals surface area contributed by atoms with Crippen LogP contribution in [0.1, 0.15) is 24.3 Å². The van der Waals surface area contributed by atoms with Crippen molar-refractivity contribution in [2.75, 3.05) is 6.54 Å². The number of benzene rings is 1. The molecule has 1 saturated heterocycles. The molecule has 1 fully saturated rings. The molecule has 21 heavy (non-hydrogen) atoms. The van der Waals surface area contributed by atoms with E-state index in [0.29, 0.717) is 6.54 Å². The molecular weight excluding hydrogens is 284 g/mol. The first kappa shape index (κ1) is 14.2. The van der Waals surface area contributed by atoms with Gasteiger partial charge in [0.2, 0.25) is 5.91 Å².